The fourth-order valence-electron chi connectivity index (χ4n) is 6.80. The average Bonchev–Trinajstić information content (AvgIpc) is 3.14. The van der Waals surface area contributed by atoms with Crippen LogP contribution in [0.2, 0.25) is 0 Å². The van der Waals surface area contributed by atoms with E-state index in [4.69, 9.17) is 14.6 Å². The largest absolute Gasteiger partial charge is 0.481 e. The van der Waals surface area contributed by atoms with Crippen LogP contribution in [0.25, 0.3) is 0 Å². The van der Waals surface area contributed by atoms with E-state index in [2.05, 4.69) is 6.92 Å². The number of rotatable bonds is 34. The van der Waals surface area contributed by atoms with Gasteiger partial charge in [-0.3, -0.25) is 9.59 Å². The van der Waals surface area contributed by atoms with Gasteiger partial charge in [-0.25, -0.2) is 0 Å². The second kappa shape index (κ2) is 30.7. The summed E-state index contributed by atoms with van der Waals surface area (Å²) in [6, 6.07) is 0. The average molecular weight is 766 g/mol. The van der Waals surface area contributed by atoms with Gasteiger partial charge in [0.2, 0.25) is 5.91 Å². The Bertz CT molecular complexity index is 913. The summed E-state index contributed by atoms with van der Waals surface area (Å²) in [7, 11) is 0. The highest BCUT2D eigenvalue weighted by atomic mass is 16.7. The number of hydrogen-bond acceptors (Lipinski definition) is 12. The van der Waals surface area contributed by atoms with Crippen molar-refractivity contribution in [1.82, 2.24) is 4.90 Å². The van der Waals surface area contributed by atoms with E-state index in [-0.39, 0.29) is 25.3 Å². The maximum absolute atomic E-state index is 13.4. The predicted molar refractivity (Wildman–Crippen MR) is 200 cm³/mol. The number of amides is 1. The Kier molecular flexibility index (Phi) is 28.7. The van der Waals surface area contributed by atoms with Crippen LogP contribution in [0, 0.1) is 0 Å². The van der Waals surface area contributed by atoms with Crippen LogP contribution in [0.4, 0.5) is 0 Å². The lowest BCUT2D eigenvalue weighted by molar-refractivity contribution is -0.327. The molecule has 314 valence electrons. The van der Waals surface area contributed by atoms with E-state index in [1.165, 1.54) is 62.7 Å². The minimum Gasteiger partial charge on any atom is -0.481 e. The number of carbonyl (C=O) groups excluding carboxylic acids is 1. The van der Waals surface area contributed by atoms with Gasteiger partial charge in [0.05, 0.1) is 13.2 Å². The van der Waals surface area contributed by atoms with Crippen LogP contribution in [0.15, 0.2) is 0 Å². The van der Waals surface area contributed by atoms with Gasteiger partial charge in [-0.2, -0.15) is 0 Å². The molecule has 0 saturated carbocycles. The van der Waals surface area contributed by atoms with Crippen molar-refractivity contribution in [3.8, 4) is 0 Å². The molecule has 9 N–H and O–H groups in total. The van der Waals surface area contributed by atoms with E-state index >= 15 is 0 Å². The first kappa shape index (κ1) is 49.6. The Morgan fingerprint density at radius 2 is 1.11 bits per heavy atom. The summed E-state index contributed by atoms with van der Waals surface area (Å²) in [6.45, 7) is 0.652. The highest BCUT2D eigenvalue weighted by Crippen LogP contribution is 2.25. The number of aliphatic hydroxyl groups excluding tert-OH is 8. The third kappa shape index (κ3) is 21.4. The topological polar surface area (TPSA) is 238 Å². The molecular formula is C39H75NO13. The molecule has 0 aromatic carbocycles. The van der Waals surface area contributed by atoms with Crippen LogP contribution >= 0.6 is 0 Å². The highest BCUT2D eigenvalue weighted by molar-refractivity contribution is 5.76. The molecule has 1 rings (SSSR count). The summed E-state index contributed by atoms with van der Waals surface area (Å²) < 4.78 is 10.9. The third-order valence-corrected chi connectivity index (χ3v) is 10.3. The molecule has 14 heteroatoms. The smallest absolute Gasteiger partial charge is 0.303 e. The molecule has 1 fully saturated rings. The monoisotopic (exact) mass is 766 g/mol. The van der Waals surface area contributed by atoms with Crippen LogP contribution in [-0.2, 0) is 19.1 Å². The van der Waals surface area contributed by atoms with E-state index in [0.717, 1.165) is 57.8 Å². The van der Waals surface area contributed by atoms with E-state index in [1.807, 2.05) is 0 Å². The van der Waals surface area contributed by atoms with Crippen molar-refractivity contribution in [1.29, 1.82) is 0 Å². The van der Waals surface area contributed by atoms with Crippen molar-refractivity contribution in [2.75, 3.05) is 26.3 Å². The summed E-state index contributed by atoms with van der Waals surface area (Å²) in [5.41, 5.74) is 0. The molecule has 0 radical (unpaired) electrons. The third-order valence-electron chi connectivity index (χ3n) is 10.3. The van der Waals surface area contributed by atoms with Gasteiger partial charge < -0.3 is 60.3 Å². The van der Waals surface area contributed by atoms with Crippen molar-refractivity contribution in [2.24, 2.45) is 0 Å². The Balaban J connectivity index is 2.71. The summed E-state index contributed by atoms with van der Waals surface area (Å²) in [5, 5.41) is 91.3. The zero-order valence-corrected chi connectivity index (χ0v) is 32.4. The molecule has 1 heterocycles. The number of nitrogens with zero attached hydrogens (tertiary/aromatic N) is 1. The normalized spacial score (nSPS) is 22.7. The van der Waals surface area contributed by atoms with Crippen molar-refractivity contribution < 1.29 is 65.0 Å². The number of ether oxygens (including phenoxy) is 2. The van der Waals surface area contributed by atoms with Crippen molar-refractivity contribution in [3.63, 3.8) is 0 Å². The first-order valence-corrected chi connectivity index (χ1v) is 20.6. The van der Waals surface area contributed by atoms with Crippen LogP contribution in [0.5, 0.6) is 0 Å². The number of unbranched alkanes of at least 4 members (excludes halogenated alkanes) is 19. The highest BCUT2D eigenvalue weighted by Gasteiger charge is 2.47. The van der Waals surface area contributed by atoms with E-state index in [9.17, 15) is 50.4 Å². The molecule has 9 unspecified atom stereocenters. The molecule has 0 bridgehead atoms. The lowest BCUT2D eigenvalue weighted by Crippen LogP contribution is -2.61. The molecule has 1 saturated heterocycles. The van der Waals surface area contributed by atoms with Gasteiger partial charge in [0.15, 0.2) is 6.29 Å². The Morgan fingerprint density at radius 3 is 1.58 bits per heavy atom. The van der Waals surface area contributed by atoms with Gasteiger partial charge in [-0.1, -0.05) is 122 Å². The Morgan fingerprint density at radius 1 is 0.642 bits per heavy atom. The van der Waals surface area contributed by atoms with E-state index < -0.39 is 74.3 Å². The molecule has 9 atom stereocenters. The Labute approximate surface area is 317 Å². The SMILES string of the molecule is CCCCCCCCCCCCCCCC(=O)N(CCCCCCCCCCC(=O)O)CC(O)C(O)C(OC1OC(CO)C(O)C(O)C1O)C(O)CO. The zero-order valence-electron chi connectivity index (χ0n) is 32.4. The number of aliphatic carboxylic acids is 1. The minimum atomic E-state index is -1.86. The minimum absolute atomic E-state index is 0.174. The van der Waals surface area contributed by atoms with E-state index in [1.54, 1.807) is 0 Å². The fraction of sp³-hybridized carbons (Fsp3) is 0.949. The van der Waals surface area contributed by atoms with Crippen LogP contribution in [0.3, 0.4) is 0 Å². The first-order valence-electron chi connectivity index (χ1n) is 20.6. The van der Waals surface area contributed by atoms with Crippen LogP contribution in [0.1, 0.15) is 155 Å². The van der Waals surface area contributed by atoms with Gasteiger partial charge in [-0.05, 0) is 19.3 Å². The number of carboxylic acid groups (broad SMARTS) is 1. The molecule has 0 aromatic rings. The molecule has 0 spiro atoms. The van der Waals surface area contributed by atoms with Gasteiger partial charge in [0.25, 0.3) is 0 Å². The lowest BCUT2D eigenvalue weighted by Gasteiger charge is -2.42. The van der Waals surface area contributed by atoms with Crippen molar-refractivity contribution in [2.45, 2.75) is 210 Å². The molecule has 1 amide bonds. The molecule has 1 aliphatic heterocycles. The summed E-state index contributed by atoms with van der Waals surface area (Å²) in [6.07, 6.45) is 7.37. The summed E-state index contributed by atoms with van der Waals surface area (Å²) in [5.74, 6) is -0.955. The predicted octanol–water partition coefficient (Wildman–Crippen LogP) is 3.15. The van der Waals surface area contributed by atoms with Gasteiger partial charge >= 0.3 is 5.97 Å². The van der Waals surface area contributed by atoms with Gasteiger partial charge in [-0.15, -0.1) is 0 Å². The van der Waals surface area contributed by atoms with Crippen LogP contribution < -0.4 is 0 Å². The van der Waals surface area contributed by atoms with Crippen molar-refractivity contribution in [3.05, 3.63) is 0 Å². The quantitative estimate of drug-likeness (QED) is 0.0429. The molecular weight excluding hydrogens is 690 g/mol. The summed E-state index contributed by atoms with van der Waals surface area (Å²) in [4.78, 5) is 25.6. The zero-order chi connectivity index (χ0) is 39.4. The second-order valence-corrected chi connectivity index (χ2v) is 14.9. The summed E-state index contributed by atoms with van der Waals surface area (Å²) >= 11 is 0. The van der Waals surface area contributed by atoms with Gasteiger partial charge in [0.1, 0.15) is 48.8 Å². The standard InChI is InChI=1S/C39H75NO13/c1-2-3-4-5-6-7-8-9-10-11-14-17-20-23-32(45)40(25-22-19-16-13-12-15-18-21-24-33(46)47)26-29(43)34(48)38(30(44)27-41)53-39-37(51)36(50)35(49)31(28-42)52-39/h29-31,34-39,41-44,48-51H,2-28H2,1H3,(H,46,47). The number of carboxylic acids is 1. The molecule has 0 aromatic heterocycles. The van der Waals surface area contributed by atoms with Crippen molar-refractivity contribution >= 4 is 11.9 Å². The fourth-order valence-corrected chi connectivity index (χ4v) is 6.80. The molecule has 14 nitrogen and oxygen atoms in total. The number of hydrogen-bond donors (Lipinski definition) is 9. The number of carbonyl (C=O) groups is 2. The molecule has 0 aliphatic carbocycles. The maximum Gasteiger partial charge on any atom is 0.303 e. The van der Waals surface area contributed by atoms with Gasteiger partial charge in [0, 0.05) is 25.9 Å². The molecule has 1 aliphatic rings. The Hall–Kier alpha value is -1.46. The van der Waals surface area contributed by atoms with E-state index in [0.29, 0.717) is 25.8 Å². The lowest BCUT2D eigenvalue weighted by atomic mass is 9.98. The number of aliphatic hydroxyl groups is 8. The van der Waals surface area contributed by atoms with Crippen LogP contribution in [-0.4, -0.2) is 144 Å². The first-order chi connectivity index (χ1) is 25.5. The maximum atomic E-state index is 13.4. The molecule has 53 heavy (non-hydrogen) atoms. The second-order valence-electron chi connectivity index (χ2n) is 14.9.